The van der Waals surface area contributed by atoms with Crippen LogP contribution in [-0.4, -0.2) is 17.3 Å². The van der Waals surface area contributed by atoms with E-state index in [1.165, 1.54) is 0 Å². The lowest BCUT2D eigenvalue weighted by atomic mass is 10.1. The van der Waals surface area contributed by atoms with Crippen LogP contribution in [0.1, 0.15) is 6.42 Å². The summed E-state index contributed by atoms with van der Waals surface area (Å²) in [6.07, 6.45) is 5.04. The van der Waals surface area contributed by atoms with E-state index in [-0.39, 0.29) is 6.10 Å². The summed E-state index contributed by atoms with van der Waals surface area (Å²) >= 11 is 0. The van der Waals surface area contributed by atoms with Gasteiger partial charge in [0, 0.05) is 0 Å². The third kappa shape index (κ3) is 1.33. The third-order valence-electron chi connectivity index (χ3n) is 1.32. The highest BCUT2D eigenvalue weighted by molar-refractivity contribution is 4.95. The maximum absolute atomic E-state index is 9.12. The van der Waals surface area contributed by atoms with Gasteiger partial charge < -0.3 is 9.84 Å². The van der Waals surface area contributed by atoms with Gasteiger partial charge in [0.25, 0.3) is 0 Å². The molecular weight excluding hydrogens is 116 g/mol. The highest BCUT2D eigenvalue weighted by atomic mass is 16.5. The van der Waals surface area contributed by atoms with Gasteiger partial charge in [-0.25, -0.2) is 0 Å². The maximum atomic E-state index is 9.12. The molecule has 0 aromatic carbocycles. The Hall–Kier alpha value is -0.760. The highest BCUT2D eigenvalue weighted by Crippen LogP contribution is 2.11. The minimum atomic E-state index is -0.410. The van der Waals surface area contributed by atoms with Gasteiger partial charge in [0.05, 0.1) is 12.4 Å². The molecule has 0 amide bonds. The van der Waals surface area contributed by atoms with Crippen LogP contribution in [0, 0.1) is 0 Å². The first-order valence-corrected chi connectivity index (χ1v) is 2.95. The summed E-state index contributed by atoms with van der Waals surface area (Å²) in [5.41, 5.74) is 0. The number of rotatable bonds is 1. The number of aliphatic hydroxyl groups is 1. The zero-order valence-electron chi connectivity index (χ0n) is 5.16. The zero-order valence-corrected chi connectivity index (χ0v) is 5.16. The normalized spacial score (nSPS) is 33.4. The van der Waals surface area contributed by atoms with E-state index in [1.807, 2.05) is 0 Å². The lowest BCUT2D eigenvalue weighted by Crippen LogP contribution is -2.27. The average Bonchev–Trinajstić information content (AvgIpc) is 1.89. The largest absolute Gasteiger partial charge is 0.492 e. The minimum absolute atomic E-state index is 0.213. The van der Waals surface area contributed by atoms with Crippen LogP contribution in [0.25, 0.3) is 0 Å². The van der Waals surface area contributed by atoms with Gasteiger partial charge in [0.15, 0.2) is 0 Å². The molecule has 50 valence electrons. The fraction of sp³-hybridized carbons (Fsp3) is 0.429. The van der Waals surface area contributed by atoms with Crippen molar-refractivity contribution in [2.45, 2.75) is 18.6 Å². The Labute approximate surface area is 54.5 Å². The Morgan fingerprint density at radius 3 is 3.00 bits per heavy atom. The first-order chi connectivity index (χ1) is 4.34. The Morgan fingerprint density at radius 2 is 2.56 bits per heavy atom. The van der Waals surface area contributed by atoms with E-state index in [0.717, 1.165) is 0 Å². The summed E-state index contributed by atoms with van der Waals surface area (Å²) in [5.74, 6) is 0. The van der Waals surface area contributed by atoms with Gasteiger partial charge in [0.1, 0.15) is 6.10 Å². The molecule has 1 N–H and O–H groups in total. The predicted octanol–water partition coefficient (Wildman–Crippen LogP) is 0.836. The second-order valence-corrected chi connectivity index (χ2v) is 2.01. The molecule has 9 heavy (non-hydrogen) atoms. The molecule has 2 atom stereocenters. The summed E-state index contributed by atoms with van der Waals surface area (Å²) in [6.45, 7) is 3.52. The number of ether oxygens (including phenoxy) is 1. The molecule has 0 fully saturated rings. The number of hydrogen-bond donors (Lipinski definition) is 1. The summed E-state index contributed by atoms with van der Waals surface area (Å²) in [7, 11) is 0. The lowest BCUT2D eigenvalue weighted by molar-refractivity contribution is 0.0272. The van der Waals surface area contributed by atoms with Crippen molar-refractivity contribution in [1.82, 2.24) is 0 Å². The maximum Gasteiger partial charge on any atom is 0.142 e. The van der Waals surface area contributed by atoms with Gasteiger partial charge in [-0.1, -0.05) is 6.58 Å². The van der Waals surface area contributed by atoms with Crippen LogP contribution in [0.5, 0.6) is 0 Å². The smallest absolute Gasteiger partial charge is 0.142 e. The van der Waals surface area contributed by atoms with Gasteiger partial charge >= 0.3 is 0 Å². The molecule has 0 aliphatic carbocycles. The summed E-state index contributed by atoms with van der Waals surface area (Å²) < 4.78 is 4.99. The van der Waals surface area contributed by atoms with Gasteiger partial charge in [-0.3, -0.25) is 0 Å². The lowest BCUT2D eigenvalue weighted by Gasteiger charge is -2.21. The Morgan fingerprint density at radius 1 is 1.78 bits per heavy atom. The molecule has 0 aromatic rings. The molecule has 2 unspecified atom stereocenters. The summed E-state index contributed by atoms with van der Waals surface area (Å²) in [4.78, 5) is 0. The molecule has 0 spiro atoms. The second kappa shape index (κ2) is 2.69. The fourth-order valence-corrected chi connectivity index (χ4v) is 0.779. The van der Waals surface area contributed by atoms with Crippen molar-refractivity contribution in [3.8, 4) is 0 Å². The van der Waals surface area contributed by atoms with E-state index < -0.39 is 6.10 Å². The van der Waals surface area contributed by atoms with Crippen LogP contribution >= 0.6 is 0 Å². The molecule has 0 radical (unpaired) electrons. The van der Waals surface area contributed by atoms with Gasteiger partial charge in [-0.05, 0) is 18.6 Å². The third-order valence-corrected chi connectivity index (χ3v) is 1.32. The van der Waals surface area contributed by atoms with E-state index in [1.54, 1.807) is 18.4 Å². The van der Waals surface area contributed by atoms with Crippen molar-refractivity contribution in [3.05, 3.63) is 25.0 Å². The molecule has 1 aliphatic rings. The topological polar surface area (TPSA) is 29.5 Å². The van der Waals surface area contributed by atoms with Crippen LogP contribution in [0.2, 0.25) is 0 Å². The summed E-state index contributed by atoms with van der Waals surface area (Å²) in [5, 5.41) is 9.12. The van der Waals surface area contributed by atoms with Crippen molar-refractivity contribution in [2.24, 2.45) is 0 Å². The van der Waals surface area contributed by atoms with Crippen molar-refractivity contribution in [1.29, 1.82) is 0 Å². The van der Waals surface area contributed by atoms with Gasteiger partial charge in [0.2, 0.25) is 0 Å². The predicted molar refractivity (Wildman–Crippen MR) is 34.8 cm³/mol. The van der Waals surface area contributed by atoms with Gasteiger partial charge in [-0.2, -0.15) is 0 Å². The van der Waals surface area contributed by atoms with Crippen molar-refractivity contribution < 1.29 is 9.84 Å². The average molecular weight is 126 g/mol. The fourth-order valence-electron chi connectivity index (χ4n) is 0.779. The van der Waals surface area contributed by atoms with E-state index >= 15 is 0 Å². The minimum Gasteiger partial charge on any atom is -0.492 e. The molecule has 0 saturated carbocycles. The Balaban J connectivity index is 2.52. The molecule has 1 aliphatic heterocycles. The molecule has 0 aromatic heterocycles. The molecule has 0 saturated heterocycles. The first-order valence-electron chi connectivity index (χ1n) is 2.95. The Bertz CT molecular complexity index is 129. The molecular formula is C7H10O2. The van der Waals surface area contributed by atoms with E-state index in [4.69, 9.17) is 9.84 Å². The van der Waals surface area contributed by atoms with Crippen molar-refractivity contribution in [3.63, 3.8) is 0 Å². The molecule has 2 nitrogen and oxygen atoms in total. The van der Waals surface area contributed by atoms with Crippen molar-refractivity contribution in [2.75, 3.05) is 0 Å². The van der Waals surface area contributed by atoms with E-state index in [2.05, 4.69) is 6.58 Å². The van der Waals surface area contributed by atoms with Crippen LogP contribution in [0.4, 0.5) is 0 Å². The van der Waals surface area contributed by atoms with Crippen LogP contribution in [0.15, 0.2) is 25.0 Å². The first kappa shape index (κ1) is 6.36. The number of hydrogen-bond acceptors (Lipinski definition) is 2. The molecule has 1 heterocycles. The van der Waals surface area contributed by atoms with Crippen molar-refractivity contribution >= 4 is 0 Å². The van der Waals surface area contributed by atoms with Crippen LogP contribution in [0.3, 0.4) is 0 Å². The summed E-state index contributed by atoms with van der Waals surface area (Å²) in [6, 6.07) is 0. The van der Waals surface area contributed by atoms with Gasteiger partial charge in [-0.15, -0.1) is 0 Å². The Kier molecular flexibility index (Phi) is 1.90. The molecule has 2 heteroatoms. The highest BCUT2D eigenvalue weighted by Gasteiger charge is 2.17. The zero-order chi connectivity index (χ0) is 6.69. The number of aliphatic hydroxyl groups excluding tert-OH is 1. The molecule has 0 bridgehead atoms. The monoisotopic (exact) mass is 126 g/mol. The second-order valence-electron chi connectivity index (χ2n) is 2.01. The SMILES string of the molecule is C=CC1OC=CCC1O. The molecule has 1 rings (SSSR count). The van der Waals surface area contributed by atoms with E-state index in [9.17, 15) is 0 Å². The van der Waals surface area contributed by atoms with E-state index in [0.29, 0.717) is 6.42 Å². The quantitative estimate of drug-likeness (QED) is 0.527. The van der Waals surface area contributed by atoms with Crippen LogP contribution < -0.4 is 0 Å². The standard InChI is InChI=1S/C7H10O2/c1-2-7-6(8)4-3-5-9-7/h2-3,5-8H,1,4H2. The van der Waals surface area contributed by atoms with Crippen LogP contribution in [-0.2, 0) is 4.74 Å².